The van der Waals surface area contributed by atoms with Gasteiger partial charge in [0, 0.05) is 32.0 Å². The second-order valence-corrected chi connectivity index (χ2v) is 12.7. The van der Waals surface area contributed by atoms with Crippen LogP contribution in [-0.2, 0) is 27.4 Å². The molecular weight excluding hydrogens is 530 g/mol. The molecule has 2 N–H and O–H groups in total. The van der Waals surface area contributed by atoms with Crippen LogP contribution in [0.1, 0.15) is 83.3 Å². The molecule has 228 valence electrons. The van der Waals surface area contributed by atoms with Gasteiger partial charge in [0.2, 0.25) is 11.8 Å². The summed E-state index contributed by atoms with van der Waals surface area (Å²) in [5, 5.41) is 6.24. The molecule has 1 saturated carbocycles. The van der Waals surface area contributed by atoms with Crippen molar-refractivity contribution in [1.29, 1.82) is 0 Å². The molecule has 8 heteroatoms. The van der Waals surface area contributed by atoms with Crippen LogP contribution in [0.25, 0.3) is 0 Å². The third-order valence-electron chi connectivity index (χ3n) is 7.96. The first-order chi connectivity index (χ1) is 20.1. The second kappa shape index (κ2) is 15.1. The van der Waals surface area contributed by atoms with Crippen LogP contribution in [0.3, 0.4) is 0 Å². The van der Waals surface area contributed by atoms with Crippen molar-refractivity contribution in [3.05, 3.63) is 65.7 Å². The Labute approximate surface area is 250 Å². The van der Waals surface area contributed by atoms with Crippen LogP contribution < -0.4 is 15.4 Å². The zero-order valence-corrected chi connectivity index (χ0v) is 25.4. The molecule has 1 aliphatic heterocycles. The summed E-state index contributed by atoms with van der Waals surface area (Å²) in [6.07, 6.45) is 7.31. The summed E-state index contributed by atoms with van der Waals surface area (Å²) in [6.45, 7) is 7.19. The molecule has 3 amide bonds. The molecule has 8 nitrogen and oxygen atoms in total. The van der Waals surface area contributed by atoms with Gasteiger partial charge >= 0.3 is 6.09 Å². The summed E-state index contributed by atoms with van der Waals surface area (Å²) < 4.78 is 11.4. The minimum Gasteiger partial charge on any atom is -0.489 e. The molecular formula is C34H47N3O5. The fraction of sp³-hybridized carbons (Fsp3) is 0.559. The number of carbonyl (C=O) groups excluding carboxylic acids is 3. The number of rotatable bonds is 10. The minimum atomic E-state index is -0.655. The number of amides is 3. The molecule has 1 aliphatic carbocycles. The number of piperidine rings is 1. The van der Waals surface area contributed by atoms with Crippen LogP contribution in [0.2, 0.25) is 0 Å². The van der Waals surface area contributed by atoms with Crippen molar-refractivity contribution >= 4 is 17.9 Å². The van der Waals surface area contributed by atoms with E-state index in [4.69, 9.17) is 9.47 Å². The number of ether oxygens (including phenoxy) is 2. The number of hydrogen-bond donors (Lipinski definition) is 2. The van der Waals surface area contributed by atoms with Crippen LogP contribution >= 0.6 is 0 Å². The molecule has 2 fully saturated rings. The molecule has 2 aromatic rings. The van der Waals surface area contributed by atoms with Gasteiger partial charge in [0.15, 0.2) is 0 Å². The van der Waals surface area contributed by atoms with Crippen molar-refractivity contribution < 1.29 is 23.9 Å². The van der Waals surface area contributed by atoms with E-state index in [0.717, 1.165) is 55.4 Å². The maximum absolute atomic E-state index is 13.4. The molecule has 0 radical (unpaired) electrons. The third-order valence-corrected chi connectivity index (χ3v) is 7.96. The van der Waals surface area contributed by atoms with Crippen LogP contribution in [-0.4, -0.2) is 53.6 Å². The number of likely N-dealkylation sites (tertiary alicyclic amines) is 1. The van der Waals surface area contributed by atoms with Gasteiger partial charge in [0.25, 0.3) is 0 Å². The van der Waals surface area contributed by atoms with E-state index in [2.05, 4.69) is 10.6 Å². The highest BCUT2D eigenvalue weighted by Crippen LogP contribution is 2.23. The van der Waals surface area contributed by atoms with Crippen molar-refractivity contribution in [3.8, 4) is 5.75 Å². The summed E-state index contributed by atoms with van der Waals surface area (Å²) in [6, 6.07) is 17.3. The normalized spacial score (nSPS) is 17.3. The highest BCUT2D eigenvalue weighted by atomic mass is 16.6. The highest BCUT2D eigenvalue weighted by Gasteiger charge is 2.30. The van der Waals surface area contributed by atoms with Crippen LogP contribution in [0.4, 0.5) is 4.79 Å². The zero-order valence-electron chi connectivity index (χ0n) is 25.4. The van der Waals surface area contributed by atoms with Crippen molar-refractivity contribution in [1.82, 2.24) is 15.5 Å². The van der Waals surface area contributed by atoms with Gasteiger partial charge in [-0.25, -0.2) is 4.79 Å². The van der Waals surface area contributed by atoms with E-state index in [0.29, 0.717) is 32.5 Å². The van der Waals surface area contributed by atoms with Crippen molar-refractivity contribution in [2.75, 3.05) is 13.1 Å². The molecule has 1 atom stereocenters. The maximum Gasteiger partial charge on any atom is 0.410 e. The first-order valence-corrected chi connectivity index (χ1v) is 15.5. The SMILES string of the molecule is CC(C)(C)OC(=O)N1CCC(CC(=O)N[C@@H](Cc2ccc(OCc3ccccc3)cc2)C(=O)NC2CCCCC2)CC1. The zero-order chi connectivity index (χ0) is 30.0. The lowest BCUT2D eigenvalue weighted by molar-refractivity contribution is -0.130. The summed E-state index contributed by atoms with van der Waals surface area (Å²) in [4.78, 5) is 40.7. The predicted octanol–water partition coefficient (Wildman–Crippen LogP) is 5.78. The first kappa shape index (κ1) is 31.4. The van der Waals surface area contributed by atoms with Crippen molar-refractivity contribution in [2.24, 2.45) is 5.92 Å². The summed E-state index contributed by atoms with van der Waals surface area (Å²) in [5.74, 6) is 0.663. The fourth-order valence-corrected chi connectivity index (χ4v) is 5.62. The van der Waals surface area contributed by atoms with Gasteiger partial charge in [-0.3, -0.25) is 9.59 Å². The molecule has 2 aliphatic rings. The van der Waals surface area contributed by atoms with E-state index >= 15 is 0 Å². The lowest BCUT2D eigenvalue weighted by Gasteiger charge is -2.33. The van der Waals surface area contributed by atoms with E-state index in [1.54, 1.807) is 4.90 Å². The molecule has 0 aromatic heterocycles. The Morgan fingerprint density at radius 3 is 2.19 bits per heavy atom. The van der Waals surface area contributed by atoms with Gasteiger partial charge in [-0.05, 0) is 75.6 Å². The van der Waals surface area contributed by atoms with Gasteiger partial charge < -0.3 is 25.0 Å². The second-order valence-electron chi connectivity index (χ2n) is 12.7. The van der Waals surface area contributed by atoms with Gasteiger partial charge in [0.1, 0.15) is 24.0 Å². The standard InChI is InChI=1S/C34H47N3O5/c1-34(2,3)42-33(40)37-20-18-26(19-21-37)23-31(38)36-30(32(39)35-28-12-8-5-9-13-28)22-25-14-16-29(17-15-25)41-24-27-10-6-4-7-11-27/h4,6-7,10-11,14-17,26,28,30H,5,8-9,12-13,18-24H2,1-3H3,(H,35,39)(H,36,38)/t30-/m0/s1. The quantitative estimate of drug-likeness (QED) is 0.373. The Balaban J connectivity index is 1.32. The van der Waals surface area contributed by atoms with Gasteiger partial charge in [-0.1, -0.05) is 61.7 Å². The summed E-state index contributed by atoms with van der Waals surface area (Å²) in [5.41, 5.74) is 1.52. The third kappa shape index (κ3) is 10.4. The topological polar surface area (TPSA) is 97.0 Å². The molecule has 0 bridgehead atoms. The highest BCUT2D eigenvalue weighted by molar-refractivity contribution is 5.88. The average Bonchev–Trinajstić information content (AvgIpc) is 2.97. The lowest BCUT2D eigenvalue weighted by atomic mass is 9.93. The van der Waals surface area contributed by atoms with E-state index in [1.165, 1.54) is 6.42 Å². The molecule has 2 aromatic carbocycles. The van der Waals surface area contributed by atoms with E-state index in [-0.39, 0.29) is 29.9 Å². The largest absolute Gasteiger partial charge is 0.489 e. The predicted molar refractivity (Wildman–Crippen MR) is 163 cm³/mol. The minimum absolute atomic E-state index is 0.126. The molecule has 42 heavy (non-hydrogen) atoms. The fourth-order valence-electron chi connectivity index (χ4n) is 5.62. The lowest BCUT2D eigenvalue weighted by Crippen LogP contribution is -2.51. The smallest absolute Gasteiger partial charge is 0.410 e. The van der Waals surface area contributed by atoms with Crippen molar-refractivity contribution in [2.45, 2.75) is 103 Å². The molecule has 0 spiro atoms. The maximum atomic E-state index is 13.4. The molecule has 0 unspecified atom stereocenters. The molecule has 1 saturated heterocycles. The summed E-state index contributed by atoms with van der Waals surface area (Å²) >= 11 is 0. The Bertz CT molecular complexity index is 1150. The number of nitrogens with one attached hydrogen (secondary N) is 2. The van der Waals surface area contributed by atoms with Gasteiger partial charge in [-0.15, -0.1) is 0 Å². The first-order valence-electron chi connectivity index (χ1n) is 15.5. The number of benzene rings is 2. The number of carbonyl (C=O) groups is 3. The summed E-state index contributed by atoms with van der Waals surface area (Å²) in [7, 11) is 0. The van der Waals surface area contributed by atoms with E-state index < -0.39 is 11.6 Å². The Morgan fingerprint density at radius 2 is 1.55 bits per heavy atom. The van der Waals surface area contributed by atoms with Crippen LogP contribution in [0, 0.1) is 5.92 Å². The van der Waals surface area contributed by atoms with Crippen LogP contribution in [0.15, 0.2) is 54.6 Å². The van der Waals surface area contributed by atoms with E-state index in [9.17, 15) is 14.4 Å². The monoisotopic (exact) mass is 577 g/mol. The molecule has 1 heterocycles. The average molecular weight is 578 g/mol. The Kier molecular flexibility index (Phi) is 11.3. The number of nitrogens with zero attached hydrogens (tertiary/aromatic N) is 1. The Hall–Kier alpha value is -3.55. The van der Waals surface area contributed by atoms with Crippen LogP contribution in [0.5, 0.6) is 5.75 Å². The van der Waals surface area contributed by atoms with E-state index in [1.807, 2.05) is 75.4 Å². The number of hydrogen-bond acceptors (Lipinski definition) is 5. The van der Waals surface area contributed by atoms with Gasteiger partial charge in [0.05, 0.1) is 0 Å². The van der Waals surface area contributed by atoms with Gasteiger partial charge in [-0.2, -0.15) is 0 Å². The Morgan fingerprint density at radius 1 is 0.881 bits per heavy atom. The molecule has 4 rings (SSSR count). The van der Waals surface area contributed by atoms with Crippen molar-refractivity contribution in [3.63, 3.8) is 0 Å².